The Morgan fingerprint density at radius 3 is 2.41 bits per heavy atom. The van der Waals surface area contributed by atoms with Crippen LogP contribution in [0, 0.1) is 0 Å². The molecule has 8 nitrogen and oxygen atoms in total. The van der Waals surface area contributed by atoms with Gasteiger partial charge in [-0.05, 0) is 62.1 Å². The quantitative estimate of drug-likeness (QED) is 0.599. The number of fused-ring (bicyclic) bond motifs is 3. The van der Waals surface area contributed by atoms with Crippen molar-refractivity contribution < 1.29 is 38.1 Å². The maximum Gasteiger partial charge on any atom is 0.410 e. The molecule has 2 heterocycles. The van der Waals surface area contributed by atoms with E-state index < -0.39 is 59.9 Å². The molecule has 208 valence electrons. The molecule has 2 N–H and O–H groups in total. The molecule has 1 fully saturated rings. The molecule has 0 aromatic heterocycles. The number of β-amino-alcohol motifs (C(OH)–C–C–N with tert-alkyl or cyclic N) is 1. The number of alkyl halides is 2. The van der Waals surface area contributed by atoms with Gasteiger partial charge in [0.05, 0.1) is 17.7 Å². The largest absolute Gasteiger partial charge is 0.478 e. The number of carbonyl (C=O) groups excluding carboxylic acids is 2. The molecule has 0 radical (unpaired) electrons. The maximum atomic E-state index is 14.2. The molecule has 2 aliphatic heterocycles. The number of halogens is 2. The second-order valence-corrected chi connectivity index (χ2v) is 12.0. The summed E-state index contributed by atoms with van der Waals surface area (Å²) < 4.78 is 34.0. The average molecular weight is 543 g/mol. The molecule has 5 rings (SSSR count). The van der Waals surface area contributed by atoms with Crippen molar-refractivity contribution in [2.45, 2.75) is 75.7 Å². The fourth-order valence-electron chi connectivity index (χ4n) is 6.14. The predicted octanol–water partition coefficient (Wildman–Crippen LogP) is 4.23. The van der Waals surface area contributed by atoms with Gasteiger partial charge >= 0.3 is 12.1 Å². The number of aliphatic hydroxyl groups excluding tert-OH is 1. The number of amides is 2. The van der Waals surface area contributed by atoms with Crippen LogP contribution in [0.2, 0.25) is 0 Å². The maximum absolute atomic E-state index is 14.2. The van der Waals surface area contributed by atoms with Crippen molar-refractivity contribution in [1.29, 1.82) is 0 Å². The van der Waals surface area contributed by atoms with Crippen molar-refractivity contribution in [2.75, 3.05) is 13.1 Å². The van der Waals surface area contributed by atoms with Gasteiger partial charge in [-0.2, -0.15) is 0 Å². The minimum Gasteiger partial charge on any atom is -0.478 e. The summed E-state index contributed by atoms with van der Waals surface area (Å²) in [6.45, 7) is 5.21. The van der Waals surface area contributed by atoms with Crippen LogP contribution >= 0.6 is 0 Å². The molecule has 3 aliphatic rings. The first kappa shape index (κ1) is 27.1. The van der Waals surface area contributed by atoms with Crippen molar-refractivity contribution in [3.05, 3.63) is 70.3 Å². The van der Waals surface area contributed by atoms with E-state index in [9.17, 15) is 33.4 Å². The zero-order valence-electron chi connectivity index (χ0n) is 22.1. The first-order chi connectivity index (χ1) is 18.2. The van der Waals surface area contributed by atoms with Crippen molar-refractivity contribution in [3.63, 3.8) is 0 Å². The molecule has 10 heteroatoms. The minimum atomic E-state index is -2.93. The number of hydrogen-bond donors (Lipinski definition) is 2. The van der Waals surface area contributed by atoms with Gasteiger partial charge in [0.1, 0.15) is 5.60 Å². The number of hydrogen-bond acceptors (Lipinski definition) is 5. The Morgan fingerprint density at radius 2 is 1.79 bits per heavy atom. The van der Waals surface area contributed by atoms with E-state index in [4.69, 9.17) is 4.74 Å². The Kier molecular flexibility index (Phi) is 6.44. The summed E-state index contributed by atoms with van der Waals surface area (Å²) in [5.41, 5.74) is 0.429. The van der Waals surface area contributed by atoms with E-state index in [1.165, 1.54) is 28.0 Å². The Balaban J connectivity index is 1.44. The predicted molar refractivity (Wildman–Crippen MR) is 137 cm³/mol. The molecule has 2 atom stereocenters. The lowest BCUT2D eigenvalue weighted by Crippen LogP contribution is -2.62. The summed E-state index contributed by atoms with van der Waals surface area (Å²) in [6.07, 6.45) is -2.48. The number of carboxylic acids is 1. The van der Waals surface area contributed by atoms with Gasteiger partial charge in [0.15, 0.2) is 0 Å². The van der Waals surface area contributed by atoms with Crippen LogP contribution in [0.4, 0.5) is 13.6 Å². The number of benzene rings is 2. The highest BCUT2D eigenvalue weighted by Gasteiger charge is 2.61. The standard InChI is InChI=1S/C29H32F2N2O6/c1-27(2,3)39-26(38)33-12-19-7-5-4-6-17(19)11-22(33)23(34)13-32-16-28(14-29(30,31)15-28)21-10-18(25(36)37)8-9-20(21)24(32)35/h4-10,22-23,34H,11-16H2,1-3H3,(H,36,37)/t22-,23+/m0/s1. The Hall–Kier alpha value is -3.53. The number of carbonyl (C=O) groups is 3. The number of ether oxygens (including phenoxy) is 1. The smallest absolute Gasteiger partial charge is 0.410 e. The van der Waals surface area contributed by atoms with Gasteiger partial charge in [-0.1, -0.05) is 24.3 Å². The van der Waals surface area contributed by atoms with E-state index in [2.05, 4.69) is 0 Å². The van der Waals surface area contributed by atoms with Crippen LogP contribution in [0.3, 0.4) is 0 Å². The number of rotatable bonds is 4. The van der Waals surface area contributed by atoms with Gasteiger partial charge in [0, 0.05) is 43.5 Å². The lowest BCUT2D eigenvalue weighted by molar-refractivity contribution is -0.135. The summed E-state index contributed by atoms with van der Waals surface area (Å²) in [4.78, 5) is 41.0. The molecule has 0 bridgehead atoms. The number of nitrogens with zero attached hydrogens (tertiary/aromatic N) is 2. The molecule has 39 heavy (non-hydrogen) atoms. The Bertz CT molecular complexity index is 1330. The topological polar surface area (TPSA) is 107 Å². The summed E-state index contributed by atoms with van der Waals surface area (Å²) in [5, 5.41) is 20.9. The van der Waals surface area contributed by atoms with Crippen LogP contribution in [0.15, 0.2) is 42.5 Å². The van der Waals surface area contributed by atoms with E-state index in [0.29, 0.717) is 12.0 Å². The summed E-state index contributed by atoms with van der Waals surface area (Å²) in [5.74, 6) is -4.60. The van der Waals surface area contributed by atoms with E-state index in [0.717, 1.165) is 11.1 Å². The van der Waals surface area contributed by atoms with Crippen LogP contribution in [-0.2, 0) is 23.1 Å². The van der Waals surface area contributed by atoms with Crippen molar-refractivity contribution in [2.24, 2.45) is 0 Å². The molecule has 2 aromatic rings. The first-order valence-corrected chi connectivity index (χ1v) is 13.0. The minimum absolute atomic E-state index is 0.0708. The lowest BCUT2D eigenvalue weighted by Gasteiger charge is -2.53. The monoisotopic (exact) mass is 542 g/mol. The molecule has 2 amide bonds. The lowest BCUT2D eigenvalue weighted by atomic mass is 9.59. The van der Waals surface area contributed by atoms with Crippen LogP contribution in [-0.4, -0.2) is 74.7 Å². The second kappa shape index (κ2) is 9.29. The first-order valence-electron chi connectivity index (χ1n) is 13.0. The molecule has 0 saturated heterocycles. The van der Waals surface area contributed by atoms with Gasteiger partial charge in [-0.3, -0.25) is 9.69 Å². The van der Waals surface area contributed by atoms with E-state index in [-0.39, 0.29) is 30.8 Å². The molecule has 1 saturated carbocycles. The molecular weight excluding hydrogens is 510 g/mol. The van der Waals surface area contributed by atoms with Gasteiger partial charge in [0.2, 0.25) is 5.92 Å². The summed E-state index contributed by atoms with van der Waals surface area (Å²) >= 11 is 0. The van der Waals surface area contributed by atoms with Gasteiger partial charge in [-0.25, -0.2) is 18.4 Å². The average Bonchev–Trinajstić information content (AvgIpc) is 2.83. The highest BCUT2D eigenvalue weighted by Crippen LogP contribution is 2.56. The van der Waals surface area contributed by atoms with Crippen LogP contribution in [0.25, 0.3) is 0 Å². The fourth-order valence-corrected chi connectivity index (χ4v) is 6.14. The molecular formula is C29H32F2N2O6. The highest BCUT2D eigenvalue weighted by atomic mass is 19.3. The zero-order chi connectivity index (χ0) is 28.3. The van der Waals surface area contributed by atoms with E-state index >= 15 is 0 Å². The number of aliphatic hydroxyl groups is 1. The highest BCUT2D eigenvalue weighted by molar-refractivity contribution is 5.99. The summed E-state index contributed by atoms with van der Waals surface area (Å²) in [6, 6.07) is 10.8. The Labute approximate surface area is 225 Å². The molecule has 2 aromatic carbocycles. The number of carboxylic acid groups (broad SMARTS) is 1. The normalized spacial score (nSPS) is 22.0. The van der Waals surface area contributed by atoms with Crippen molar-refractivity contribution in [1.82, 2.24) is 9.80 Å². The number of aromatic carboxylic acids is 1. The second-order valence-electron chi connectivity index (χ2n) is 12.0. The van der Waals surface area contributed by atoms with Gasteiger partial charge in [-0.15, -0.1) is 0 Å². The van der Waals surface area contributed by atoms with Gasteiger partial charge < -0.3 is 19.8 Å². The van der Waals surface area contributed by atoms with E-state index in [1.807, 2.05) is 24.3 Å². The molecule has 0 unspecified atom stereocenters. The third kappa shape index (κ3) is 5.09. The Morgan fingerprint density at radius 1 is 1.13 bits per heavy atom. The molecule has 1 aliphatic carbocycles. The zero-order valence-corrected chi connectivity index (χ0v) is 22.1. The van der Waals surface area contributed by atoms with E-state index in [1.54, 1.807) is 20.8 Å². The SMILES string of the molecule is CC(C)(C)OC(=O)N1Cc2ccccc2C[C@H]1[C@H](O)CN1CC2(CC(F)(F)C2)c2cc(C(=O)O)ccc2C1=O. The fraction of sp³-hybridized carbons (Fsp3) is 0.483. The van der Waals surface area contributed by atoms with Crippen molar-refractivity contribution >= 4 is 18.0 Å². The van der Waals surface area contributed by atoms with Crippen molar-refractivity contribution in [3.8, 4) is 0 Å². The van der Waals surface area contributed by atoms with Crippen LogP contribution in [0.5, 0.6) is 0 Å². The van der Waals surface area contributed by atoms with Gasteiger partial charge in [0.25, 0.3) is 5.91 Å². The third-order valence-electron chi connectivity index (χ3n) is 7.81. The summed E-state index contributed by atoms with van der Waals surface area (Å²) in [7, 11) is 0. The molecule has 1 spiro atoms. The van der Waals surface area contributed by atoms with Crippen LogP contribution < -0.4 is 0 Å². The van der Waals surface area contributed by atoms with Crippen LogP contribution in [0.1, 0.15) is 71.0 Å². The third-order valence-corrected chi connectivity index (χ3v) is 7.81.